The van der Waals surface area contributed by atoms with E-state index in [0.29, 0.717) is 17.0 Å². The van der Waals surface area contributed by atoms with E-state index in [-0.39, 0.29) is 15.6 Å². The van der Waals surface area contributed by atoms with Gasteiger partial charge >= 0.3 is 0 Å². The van der Waals surface area contributed by atoms with Crippen LogP contribution in [0.4, 0.5) is 11.4 Å². The highest BCUT2D eigenvalue weighted by Crippen LogP contribution is 2.27. The number of amides is 1. The van der Waals surface area contributed by atoms with Gasteiger partial charge in [-0.3, -0.25) is 9.52 Å². The van der Waals surface area contributed by atoms with E-state index in [4.69, 9.17) is 16.3 Å². The Hall–Kier alpha value is -3.38. The summed E-state index contributed by atoms with van der Waals surface area (Å²) < 4.78 is 60.0. The molecule has 0 aliphatic rings. The molecule has 190 valence electrons. The van der Waals surface area contributed by atoms with Crippen LogP contribution < -0.4 is 19.5 Å². The molecule has 0 saturated carbocycles. The Bertz CT molecular complexity index is 1460. The van der Waals surface area contributed by atoms with Gasteiger partial charge in [0.05, 0.1) is 28.8 Å². The number of benzene rings is 3. The third-order valence-corrected chi connectivity index (χ3v) is 7.71. The zero-order valence-electron chi connectivity index (χ0n) is 19.3. The lowest BCUT2D eigenvalue weighted by Crippen LogP contribution is -2.40. The minimum atomic E-state index is -4.01. The highest BCUT2D eigenvalue weighted by molar-refractivity contribution is 7.93. The lowest BCUT2D eigenvalue weighted by molar-refractivity contribution is -0.117. The number of ether oxygens (including phenoxy) is 1. The predicted octanol–water partition coefficient (Wildman–Crippen LogP) is 4.07. The summed E-state index contributed by atoms with van der Waals surface area (Å²) in [5.41, 5.74) is 0.987. The molecule has 1 amide bonds. The number of hydrogen-bond acceptors (Lipinski definition) is 6. The van der Waals surface area contributed by atoms with E-state index in [2.05, 4.69) is 14.8 Å². The SMILES string of the molecule is COc1ccc(NS(=O)(=O)c2ccc(Cl)c(NC(=O)[C@@H](C)NS(=O)(=O)/C=C/c3ccccc3)c2)cc1. The molecule has 0 saturated heterocycles. The first-order chi connectivity index (χ1) is 17.0. The molecular weight excluding hydrogens is 526 g/mol. The van der Waals surface area contributed by atoms with Crippen LogP contribution in [0.1, 0.15) is 12.5 Å². The van der Waals surface area contributed by atoms with Gasteiger partial charge in [-0.25, -0.2) is 16.8 Å². The second kappa shape index (κ2) is 11.6. The third-order valence-electron chi connectivity index (χ3n) is 4.82. The summed E-state index contributed by atoms with van der Waals surface area (Å²) in [7, 11) is -6.45. The van der Waals surface area contributed by atoms with Gasteiger partial charge < -0.3 is 10.1 Å². The predicted molar refractivity (Wildman–Crippen MR) is 141 cm³/mol. The van der Waals surface area contributed by atoms with Crippen LogP contribution in [0.15, 0.2) is 83.1 Å². The molecule has 9 nitrogen and oxygen atoms in total. The zero-order chi connectivity index (χ0) is 26.3. The summed E-state index contributed by atoms with van der Waals surface area (Å²) in [6.07, 6.45) is 1.40. The second-order valence-corrected chi connectivity index (χ2v) is 11.3. The standard InChI is InChI=1S/C24H24ClN3O6S2/c1-17(27-35(30,31)15-14-18-6-4-3-5-7-18)24(29)26-23-16-21(12-13-22(23)25)36(32,33)28-19-8-10-20(34-2)11-9-19/h3-17,27-28H,1-2H3,(H,26,29)/b15-14+/t17-/m1/s1. The molecule has 0 heterocycles. The molecule has 3 aromatic rings. The number of carbonyl (C=O) groups excluding carboxylic acids is 1. The number of rotatable bonds is 10. The van der Waals surface area contributed by atoms with Gasteiger partial charge in [0.25, 0.3) is 10.0 Å². The third kappa shape index (κ3) is 7.56. The lowest BCUT2D eigenvalue weighted by atomic mass is 10.2. The van der Waals surface area contributed by atoms with E-state index in [1.54, 1.807) is 42.5 Å². The summed E-state index contributed by atoms with van der Waals surface area (Å²) >= 11 is 6.15. The molecule has 36 heavy (non-hydrogen) atoms. The van der Waals surface area contributed by atoms with Crippen LogP contribution in [0.5, 0.6) is 5.75 Å². The molecule has 3 aromatic carbocycles. The number of carbonyl (C=O) groups is 1. The molecule has 0 bridgehead atoms. The Labute approximate surface area is 215 Å². The highest BCUT2D eigenvalue weighted by Gasteiger charge is 2.21. The molecule has 0 spiro atoms. The van der Waals surface area contributed by atoms with Crippen LogP contribution in [0, 0.1) is 0 Å². The first-order valence-corrected chi connectivity index (χ1v) is 13.9. The van der Waals surface area contributed by atoms with Crippen molar-refractivity contribution >= 4 is 55.0 Å². The maximum atomic E-state index is 12.8. The van der Waals surface area contributed by atoms with Gasteiger partial charge in [-0.1, -0.05) is 41.9 Å². The minimum Gasteiger partial charge on any atom is -0.497 e. The Kier molecular flexibility index (Phi) is 8.75. The van der Waals surface area contributed by atoms with Crippen LogP contribution >= 0.6 is 11.6 Å². The van der Waals surface area contributed by atoms with E-state index in [9.17, 15) is 21.6 Å². The molecule has 0 unspecified atom stereocenters. The molecule has 12 heteroatoms. The lowest BCUT2D eigenvalue weighted by Gasteiger charge is -2.15. The number of methoxy groups -OCH3 is 1. The fraction of sp³-hybridized carbons (Fsp3) is 0.125. The molecule has 3 N–H and O–H groups in total. The maximum absolute atomic E-state index is 12.8. The topological polar surface area (TPSA) is 131 Å². The summed E-state index contributed by atoms with van der Waals surface area (Å²) in [4.78, 5) is 12.5. The van der Waals surface area contributed by atoms with Gasteiger partial charge in [0, 0.05) is 11.1 Å². The first-order valence-electron chi connectivity index (χ1n) is 10.5. The fourth-order valence-corrected chi connectivity index (χ4v) is 5.22. The zero-order valence-corrected chi connectivity index (χ0v) is 21.7. The quantitative estimate of drug-likeness (QED) is 0.349. The van der Waals surface area contributed by atoms with E-state index >= 15 is 0 Å². The van der Waals surface area contributed by atoms with E-state index < -0.39 is 32.0 Å². The molecular formula is C24H24ClN3O6S2. The van der Waals surface area contributed by atoms with Crippen LogP contribution in [-0.4, -0.2) is 35.9 Å². The van der Waals surface area contributed by atoms with Crippen molar-refractivity contribution in [2.45, 2.75) is 17.9 Å². The summed E-state index contributed by atoms with van der Waals surface area (Å²) in [6, 6.07) is 17.7. The van der Waals surface area contributed by atoms with Crippen molar-refractivity contribution < 1.29 is 26.4 Å². The largest absolute Gasteiger partial charge is 0.497 e. The average molecular weight is 550 g/mol. The molecule has 0 aromatic heterocycles. The van der Waals surface area contributed by atoms with Gasteiger partial charge in [0.2, 0.25) is 15.9 Å². The number of sulfonamides is 2. The van der Waals surface area contributed by atoms with Crippen LogP contribution in [0.3, 0.4) is 0 Å². The van der Waals surface area contributed by atoms with Crippen LogP contribution in [0.25, 0.3) is 6.08 Å². The summed E-state index contributed by atoms with van der Waals surface area (Å²) in [6.45, 7) is 1.35. The second-order valence-electron chi connectivity index (χ2n) is 7.56. The van der Waals surface area contributed by atoms with Gasteiger partial charge in [-0.15, -0.1) is 0 Å². The highest BCUT2D eigenvalue weighted by atomic mass is 35.5. The van der Waals surface area contributed by atoms with Gasteiger partial charge in [0.15, 0.2) is 0 Å². The van der Waals surface area contributed by atoms with Crippen molar-refractivity contribution in [3.8, 4) is 5.75 Å². The molecule has 3 rings (SSSR count). The maximum Gasteiger partial charge on any atom is 0.261 e. The van der Waals surface area contributed by atoms with E-state index in [1.807, 2.05) is 0 Å². The van der Waals surface area contributed by atoms with Crippen LogP contribution in [-0.2, 0) is 24.8 Å². The molecule has 0 radical (unpaired) electrons. The molecule has 0 aliphatic heterocycles. The Morgan fingerprint density at radius 2 is 1.64 bits per heavy atom. The van der Waals surface area contributed by atoms with Crippen molar-refractivity contribution in [2.24, 2.45) is 0 Å². The number of nitrogens with one attached hydrogen (secondary N) is 3. The van der Waals surface area contributed by atoms with Crippen molar-refractivity contribution in [1.82, 2.24) is 4.72 Å². The molecule has 0 fully saturated rings. The Morgan fingerprint density at radius 3 is 2.28 bits per heavy atom. The smallest absolute Gasteiger partial charge is 0.261 e. The van der Waals surface area contributed by atoms with Crippen molar-refractivity contribution in [2.75, 3.05) is 17.1 Å². The van der Waals surface area contributed by atoms with Crippen LogP contribution in [0.2, 0.25) is 5.02 Å². The average Bonchev–Trinajstić information content (AvgIpc) is 2.84. The van der Waals surface area contributed by atoms with Crippen molar-refractivity contribution in [3.63, 3.8) is 0 Å². The minimum absolute atomic E-state index is 0.00477. The molecule has 0 aliphatic carbocycles. The van der Waals surface area contributed by atoms with Crippen molar-refractivity contribution in [3.05, 3.63) is 88.8 Å². The summed E-state index contributed by atoms with van der Waals surface area (Å²) in [5.74, 6) is -0.166. The van der Waals surface area contributed by atoms with E-state index in [0.717, 1.165) is 5.41 Å². The van der Waals surface area contributed by atoms with Gasteiger partial charge in [-0.05, 0) is 61.0 Å². The van der Waals surface area contributed by atoms with Gasteiger partial charge in [0.1, 0.15) is 5.75 Å². The Morgan fingerprint density at radius 1 is 0.972 bits per heavy atom. The monoisotopic (exact) mass is 549 g/mol. The normalized spacial score (nSPS) is 12.8. The number of halogens is 1. The molecule has 1 atom stereocenters. The Balaban J connectivity index is 1.70. The van der Waals surface area contributed by atoms with Gasteiger partial charge in [-0.2, -0.15) is 4.72 Å². The fourth-order valence-electron chi connectivity index (χ4n) is 2.95. The number of anilines is 2. The van der Waals surface area contributed by atoms with Crippen molar-refractivity contribution in [1.29, 1.82) is 0 Å². The first kappa shape index (κ1) is 27.2. The number of hydrogen-bond donors (Lipinski definition) is 3. The van der Waals surface area contributed by atoms with E-state index in [1.165, 1.54) is 50.4 Å². The summed E-state index contributed by atoms with van der Waals surface area (Å²) in [5, 5.41) is 3.50.